The zero-order valence-corrected chi connectivity index (χ0v) is 20.3. The molecule has 0 bridgehead atoms. The molecule has 3 aromatic rings. The lowest BCUT2D eigenvalue weighted by Crippen LogP contribution is -2.41. The summed E-state index contributed by atoms with van der Waals surface area (Å²) in [5.41, 5.74) is 2.71. The number of amides is 1. The van der Waals surface area contributed by atoms with Gasteiger partial charge in [-0.2, -0.15) is 0 Å². The maximum atomic E-state index is 12.9. The third-order valence-electron chi connectivity index (χ3n) is 6.04. The largest absolute Gasteiger partial charge is 0.349 e. The zero-order valence-electron chi connectivity index (χ0n) is 18.7. The SMILES string of the molecule is Cc1nc(-c2ccc(S(=O)(=O)N[C@H]3CC[C@H](C(=O)N[C@H](C)c4cccnc4)CC3)cc2)cs1. The van der Waals surface area contributed by atoms with Crippen LogP contribution in [0.15, 0.2) is 59.1 Å². The summed E-state index contributed by atoms with van der Waals surface area (Å²) in [6, 6.07) is 10.3. The average molecular weight is 485 g/mol. The van der Waals surface area contributed by atoms with Gasteiger partial charge in [-0.1, -0.05) is 18.2 Å². The molecule has 2 heterocycles. The van der Waals surface area contributed by atoms with Gasteiger partial charge >= 0.3 is 0 Å². The summed E-state index contributed by atoms with van der Waals surface area (Å²) in [7, 11) is -3.62. The fourth-order valence-electron chi connectivity index (χ4n) is 4.11. The standard InChI is InChI=1S/C24H28N4O3S2/c1-16(20-4-3-13-25-14-20)26-24(29)19-5-9-21(10-6-19)28-33(30,31)22-11-7-18(8-12-22)23-15-32-17(2)27-23/h3-4,7-8,11-16,19,21,28H,5-6,9-10H2,1-2H3,(H,26,29)/t16-,19-,21-/m1/s1. The van der Waals surface area contributed by atoms with E-state index in [1.54, 1.807) is 48.0 Å². The predicted octanol–water partition coefficient (Wildman–Crippen LogP) is 4.23. The van der Waals surface area contributed by atoms with Crippen molar-refractivity contribution in [3.63, 3.8) is 0 Å². The first-order valence-corrected chi connectivity index (χ1v) is 13.4. The Morgan fingerprint density at radius 3 is 2.45 bits per heavy atom. The van der Waals surface area contributed by atoms with Crippen LogP contribution in [0.1, 0.15) is 49.2 Å². The number of nitrogens with zero attached hydrogens (tertiary/aromatic N) is 2. The highest BCUT2D eigenvalue weighted by molar-refractivity contribution is 7.89. The Morgan fingerprint density at radius 1 is 1.12 bits per heavy atom. The summed E-state index contributed by atoms with van der Waals surface area (Å²) >= 11 is 1.56. The fourth-order valence-corrected chi connectivity index (χ4v) is 6.04. The van der Waals surface area contributed by atoms with E-state index >= 15 is 0 Å². The summed E-state index contributed by atoms with van der Waals surface area (Å²) in [5.74, 6) is -0.0914. The second-order valence-corrected chi connectivity index (χ2v) is 11.2. The molecule has 0 radical (unpaired) electrons. The van der Waals surface area contributed by atoms with E-state index in [2.05, 4.69) is 20.0 Å². The van der Waals surface area contributed by atoms with Crippen LogP contribution in [0.25, 0.3) is 11.3 Å². The topological polar surface area (TPSA) is 101 Å². The first-order chi connectivity index (χ1) is 15.8. The number of nitrogens with one attached hydrogen (secondary N) is 2. The third kappa shape index (κ3) is 5.85. The molecule has 2 aromatic heterocycles. The molecule has 174 valence electrons. The lowest BCUT2D eigenvalue weighted by atomic mass is 9.85. The summed E-state index contributed by atoms with van der Waals surface area (Å²) in [6.07, 6.45) is 6.03. The van der Waals surface area contributed by atoms with Crippen molar-refractivity contribution in [3.05, 3.63) is 64.7 Å². The van der Waals surface area contributed by atoms with Crippen LogP contribution < -0.4 is 10.0 Å². The Labute approximate surface area is 198 Å². The van der Waals surface area contributed by atoms with E-state index in [0.717, 1.165) is 21.8 Å². The number of sulfonamides is 1. The number of rotatable bonds is 7. The minimum absolute atomic E-state index is 0.0144. The predicted molar refractivity (Wildman–Crippen MR) is 129 cm³/mol. The maximum absolute atomic E-state index is 12.9. The van der Waals surface area contributed by atoms with Crippen molar-refractivity contribution < 1.29 is 13.2 Å². The Morgan fingerprint density at radius 2 is 1.85 bits per heavy atom. The van der Waals surface area contributed by atoms with Crippen LogP contribution in [0.4, 0.5) is 0 Å². The summed E-state index contributed by atoms with van der Waals surface area (Å²) < 4.78 is 28.5. The van der Waals surface area contributed by atoms with Crippen molar-refractivity contribution >= 4 is 27.3 Å². The number of hydrogen-bond acceptors (Lipinski definition) is 6. The number of pyridine rings is 1. The number of hydrogen-bond donors (Lipinski definition) is 2. The molecule has 1 aliphatic rings. The summed E-state index contributed by atoms with van der Waals surface area (Å²) in [6.45, 7) is 3.88. The molecule has 2 N–H and O–H groups in total. The molecule has 1 aromatic carbocycles. The molecule has 7 nitrogen and oxygen atoms in total. The number of aryl methyl sites for hydroxylation is 1. The van der Waals surface area contributed by atoms with Crippen molar-refractivity contribution in [1.82, 2.24) is 20.0 Å². The first-order valence-electron chi connectivity index (χ1n) is 11.1. The molecular weight excluding hydrogens is 456 g/mol. The highest BCUT2D eigenvalue weighted by Crippen LogP contribution is 2.27. The van der Waals surface area contributed by atoms with Gasteiger partial charge < -0.3 is 5.32 Å². The Hall–Kier alpha value is -2.62. The second kappa shape index (κ2) is 10.1. The van der Waals surface area contributed by atoms with Crippen molar-refractivity contribution in [1.29, 1.82) is 0 Å². The molecular formula is C24H28N4O3S2. The molecule has 0 unspecified atom stereocenters. The Bertz CT molecular complexity index is 1190. The van der Waals surface area contributed by atoms with Crippen molar-refractivity contribution in [2.24, 2.45) is 5.92 Å². The molecule has 1 atom stereocenters. The van der Waals surface area contributed by atoms with E-state index < -0.39 is 10.0 Å². The van der Waals surface area contributed by atoms with E-state index in [0.29, 0.717) is 25.7 Å². The maximum Gasteiger partial charge on any atom is 0.240 e. The van der Waals surface area contributed by atoms with Gasteiger partial charge in [0.2, 0.25) is 15.9 Å². The lowest BCUT2D eigenvalue weighted by Gasteiger charge is -2.29. The van der Waals surface area contributed by atoms with Crippen LogP contribution in [0.5, 0.6) is 0 Å². The molecule has 1 saturated carbocycles. The highest BCUT2D eigenvalue weighted by Gasteiger charge is 2.29. The average Bonchev–Trinajstić information content (AvgIpc) is 3.26. The zero-order chi connectivity index (χ0) is 23.4. The fraction of sp³-hybridized carbons (Fsp3) is 0.375. The third-order valence-corrected chi connectivity index (χ3v) is 8.35. The Kier molecular flexibility index (Phi) is 7.21. The first kappa shape index (κ1) is 23.5. The van der Waals surface area contributed by atoms with Gasteiger partial charge in [-0.05, 0) is 63.3 Å². The molecule has 1 amide bonds. The van der Waals surface area contributed by atoms with Gasteiger partial charge in [-0.25, -0.2) is 18.1 Å². The second-order valence-electron chi connectivity index (χ2n) is 8.46. The number of carbonyl (C=O) groups excluding carboxylic acids is 1. The molecule has 0 spiro atoms. The molecule has 1 aliphatic carbocycles. The van der Waals surface area contributed by atoms with Gasteiger partial charge in [0.05, 0.1) is 21.6 Å². The minimum atomic E-state index is -3.62. The molecule has 0 aliphatic heterocycles. The van der Waals surface area contributed by atoms with Crippen molar-refractivity contribution in [3.8, 4) is 11.3 Å². The summed E-state index contributed by atoms with van der Waals surface area (Å²) in [4.78, 5) is 21.4. The minimum Gasteiger partial charge on any atom is -0.349 e. The van der Waals surface area contributed by atoms with Crippen molar-refractivity contribution in [2.45, 2.75) is 56.5 Å². The monoisotopic (exact) mass is 484 g/mol. The molecule has 1 fully saturated rings. The highest BCUT2D eigenvalue weighted by atomic mass is 32.2. The molecule has 0 saturated heterocycles. The van der Waals surface area contributed by atoms with Gasteiger partial charge in [-0.3, -0.25) is 9.78 Å². The molecule has 33 heavy (non-hydrogen) atoms. The normalized spacial score (nSPS) is 19.7. The van der Waals surface area contributed by atoms with Gasteiger partial charge in [0.25, 0.3) is 0 Å². The van der Waals surface area contributed by atoms with E-state index in [1.807, 2.05) is 31.4 Å². The van der Waals surface area contributed by atoms with Crippen LogP contribution in [0.3, 0.4) is 0 Å². The van der Waals surface area contributed by atoms with E-state index in [4.69, 9.17) is 0 Å². The van der Waals surface area contributed by atoms with Gasteiger partial charge in [0.15, 0.2) is 0 Å². The summed E-state index contributed by atoms with van der Waals surface area (Å²) in [5, 5.41) is 5.99. The van der Waals surface area contributed by atoms with Crippen LogP contribution in [-0.4, -0.2) is 30.3 Å². The van der Waals surface area contributed by atoms with E-state index in [-0.39, 0.29) is 28.8 Å². The van der Waals surface area contributed by atoms with Gasteiger partial charge in [0, 0.05) is 35.3 Å². The number of thiazole rings is 1. The van der Waals surface area contributed by atoms with Crippen LogP contribution in [-0.2, 0) is 14.8 Å². The quantitative estimate of drug-likeness (QED) is 0.523. The van der Waals surface area contributed by atoms with Crippen LogP contribution in [0, 0.1) is 12.8 Å². The lowest BCUT2D eigenvalue weighted by molar-refractivity contribution is -0.126. The Balaban J connectivity index is 1.30. The number of aromatic nitrogens is 2. The molecule has 4 rings (SSSR count). The smallest absolute Gasteiger partial charge is 0.240 e. The van der Waals surface area contributed by atoms with Crippen molar-refractivity contribution in [2.75, 3.05) is 0 Å². The van der Waals surface area contributed by atoms with Gasteiger partial charge in [-0.15, -0.1) is 11.3 Å². The van der Waals surface area contributed by atoms with E-state index in [9.17, 15) is 13.2 Å². The van der Waals surface area contributed by atoms with Crippen LogP contribution >= 0.6 is 11.3 Å². The number of benzene rings is 1. The van der Waals surface area contributed by atoms with E-state index in [1.165, 1.54) is 0 Å². The van der Waals surface area contributed by atoms with Gasteiger partial charge in [0.1, 0.15) is 0 Å². The molecule has 9 heteroatoms. The number of carbonyl (C=O) groups is 1. The van der Waals surface area contributed by atoms with Crippen LogP contribution in [0.2, 0.25) is 0 Å².